The monoisotopic (exact) mass is 391 g/mol. The zero-order valence-electron chi connectivity index (χ0n) is 16.8. The van der Waals surface area contributed by atoms with E-state index in [0.29, 0.717) is 37.3 Å². The summed E-state index contributed by atoms with van der Waals surface area (Å²) in [7, 11) is 3.95. The van der Waals surface area contributed by atoms with Crippen LogP contribution in [0, 0.1) is 0 Å². The second-order valence-corrected chi connectivity index (χ2v) is 7.51. The fourth-order valence-electron chi connectivity index (χ4n) is 3.66. The van der Waals surface area contributed by atoms with Crippen LogP contribution < -0.4 is 4.90 Å². The van der Waals surface area contributed by atoms with E-state index in [2.05, 4.69) is 9.97 Å². The van der Waals surface area contributed by atoms with Crippen molar-refractivity contribution in [2.75, 3.05) is 45.2 Å². The van der Waals surface area contributed by atoms with Gasteiger partial charge in [0.2, 0.25) is 0 Å². The molecule has 3 aromatic rings. The normalized spacial score (nSPS) is 14.7. The van der Waals surface area contributed by atoms with Gasteiger partial charge in [-0.2, -0.15) is 0 Å². The molecule has 7 heteroatoms. The number of imidazole rings is 1. The van der Waals surface area contributed by atoms with E-state index in [9.17, 15) is 9.59 Å². The van der Waals surface area contributed by atoms with E-state index < -0.39 is 0 Å². The van der Waals surface area contributed by atoms with Crippen LogP contribution in [-0.2, 0) is 0 Å². The molecule has 0 aliphatic carbocycles. The van der Waals surface area contributed by atoms with Crippen LogP contribution in [0.3, 0.4) is 0 Å². The first-order chi connectivity index (χ1) is 14.0. The molecule has 2 amide bonds. The molecule has 1 N–H and O–H groups in total. The highest BCUT2D eigenvalue weighted by Gasteiger charge is 2.24. The number of carbonyl (C=O) groups excluding carboxylic acids is 2. The molecule has 0 bridgehead atoms. The van der Waals surface area contributed by atoms with Gasteiger partial charge < -0.3 is 19.7 Å². The maximum absolute atomic E-state index is 12.9. The Kier molecular flexibility index (Phi) is 5.20. The summed E-state index contributed by atoms with van der Waals surface area (Å²) in [5.74, 6) is 0.00891. The molecule has 0 atom stereocenters. The Morgan fingerprint density at radius 2 is 1.52 bits per heavy atom. The van der Waals surface area contributed by atoms with E-state index in [1.165, 1.54) is 0 Å². The van der Waals surface area contributed by atoms with Crippen LogP contribution in [0.2, 0.25) is 0 Å². The zero-order valence-corrected chi connectivity index (χ0v) is 16.8. The average Bonchev–Trinajstić information content (AvgIpc) is 3.07. The smallest absolute Gasteiger partial charge is 0.253 e. The second kappa shape index (κ2) is 7.95. The topological polar surface area (TPSA) is 72.5 Å². The van der Waals surface area contributed by atoms with E-state index in [1.54, 1.807) is 6.33 Å². The minimum Gasteiger partial charge on any atom is -0.378 e. The van der Waals surface area contributed by atoms with Gasteiger partial charge in [0.25, 0.3) is 11.8 Å². The van der Waals surface area contributed by atoms with E-state index in [1.807, 2.05) is 71.3 Å². The van der Waals surface area contributed by atoms with Gasteiger partial charge in [-0.25, -0.2) is 4.98 Å². The van der Waals surface area contributed by atoms with Gasteiger partial charge in [0.15, 0.2) is 0 Å². The van der Waals surface area contributed by atoms with Crippen molar-refractivity contribution < 1.29 is 9.59 Å². The van der Waals surface area contributed by atoms with Crippen LogP contribution in [0.4, 0.5) is 5.69 Å². The molecule has 0 unspecified atom stereocenters. The van der Waals surface area contributed by atoms with E-state index in [0.717, 1.165) is 23.1 Å². The number of aromatic nitrogens is 2. The summed E-state index contributed by atoms with van der Waals surface area (Å²) in [6.45, 7) is 2.36. The second-order valence-electron chi connectivity index (χ2n) is 7.51. The van der Waals surface area contributed by atoms with Gasteiger partial charge in [0.05, 0.1) is 17.4 Å². The Bertz CT molecular complexity index is 1030. The Labute approximate surface area is 169 Å². The van der Waals surface area contributed by atoms with Gasteiger partial charge in [-0.15, -0.1) is 0 Å². The predicted octanol–water partition coefficient (Wildman–Crippen LogP) is 2.62. The number of nitrogens with zero attached hydrogens (tertiary/aromatic N) is 4. The van der Waals surface area contributed by atoms with Crippen LogP contribution >= 0.6 is 0 Å². The maximum atomic E-state index is 12.9. The molecule has 1 saturated heterocycles. The Morgan fingerprint density at radius 3 is 2.17 bits per heavy atom. The number of amides is 2. The summed E-state index contributed by atoms with van der Waals surface area (Å²) >= 11 is 0. The zero-order chi connectivity index (χ0) is 20.4. The van der Waals surface area contributed by atoms with Crippen LogP contribution in [0.1, 0.15) is 27.1 Å². The number of H-pyrrole nitrogens is 1. The van der Waals surface area contributed by atoms with Gasteiger partial charge in [-0.3, -0.25) is 9.59 Å². The predicted molar refractivity (Wildman–Crippen MR) is 113 cm³/mol. The minimum absolute atomic E-state index is 0.00821. The first-order valence-corrected chi connectivity index (χ1v) is 9.82. The maximum Gasteiger partial charge on any atom is 0.253 e. The third-order valence-electron chi connectivity index (χ3n) is 5.37. The lowest BCUT2D eigenvalue weighted by atomic mass is 10.1. The van der Waals surface area contributed by atoms with Gasteiger partial charge in [0.1, 0.15) is 0 Å². The SMILES string of the molecule is CN(C)c1ccc(C(=O)N2CCCN(C(=O)c3ccc4nc[nH]c4c3)CC2)cc1. The summed E-state index contributed by atoms with van der Waals surface area (Å²) in [5.41, 5.74) is 4.07. The molecule has 7 nitrogen and oxygen atoms in total. The summed E-state index contributed by atoms with van der Waals surface area (Å²) in [6.07, 6.45) is 2.39. The van der Waals surface area contributed by atoms with Crippen molar-refractivity contribution in [3.8, 4) is 0 Å². The third kappa shape index (κ3) is 3.94. The van der Waals surface area contributed by atoms with Crippen LogP contribution in [0.15, 0.2) is 48.8 Å². The minimum atomic E-state index is -0.00821. The van der Waals surface area contributed by atoms with Crippen molar-refractivity contribution in [1.82, 2.24) is 19.8 Å². The van der Waals surface area contributed by atoms with Crippen molar-refractivity contribution in [3.63, 3.8) is 0 Å². The number of benzene rings is 2. The summed E-state index contributed by atoms with van der Waals surface area (Å²) in [5, 5.41) is 0. The quantitative estimate of drug-likeness (QED) is 0.745. The summed E-state index contributed by atoms with van der Waals surface area (Å²) in [6, 6.07) is 13.1. The molecule has 1 aromatic heterocycles. The van der Waals surface area contributed by atoms with Crippen LogP contribution in [0.5, 0.6) is 0 Å². The number of rotatable bonds is 3. The molecule has 0 radical (unpaired) electrons. The number of hydrogen-bond acceptors (Lipinski definition) is 4. The van der Waals surface area contributed by atoms with Crippen molar-refractivity contribution in [2.24, 2.45) is 0 Å². The Hall–Kier alpha value is -3.35. The molecule has 29 heavy (non-hydrogen) atoms. The largest absolute Gasteiger partial charge is 0.378 e. The van der Waals surface area contributed by atoms with Gasteiger partial charge >= 0.3 is 0 Å². The van der Waals surface area contributed by atoms with Crippen molar-refractivity contribution in [2.45, 2.75) is 6.42 Å². The van der Waals surface area contributed by atoms with E-state index in [-0.39, 0.29) is 11.8 Å². The molecular weight excluding hydrogens is 366 g/mol. The van der Waals surface area contributed by atoms with Crippen molar-refractivity contribution >= 4 is 28.5 Å². The number of fused-ring (bicyclic) bond motifs is 1. The van der Waals surface area contributed by atoms with Crippen molar-refractivity contribution in [3.05, 3.63) is 59.9 Å². The van der Waals surface area contributed by atoms with Gasteiger partial charge in [-0.1, -0.05) is 0 Å². The number of carbonyl (C=O) groups is 2. The highest BCUT2D eigenvalue weighted by molar-refractivity contribution is 5.97. The Balaban J connectivity index is 1.43. The first-order valence-electron chi connectivity index (χ1n) is 9.82. The van der Waals surface area contributed by atoms with Gasteiger partial charge in [0, 0.05) is 57.1 Å². The molecule has 1 aliphatic rings. The number of anilines is 1. The fraction of sp³-hybridized carbons (Fsp3) is 0.318. The van der Waals surface area contributed by atoms with E-state index >= 15 is 0 Å². The van der Waals surface area contributed by atoms with Crippen molar-refractivity contribution in [1.29, 1.82) is 0 Å². The summed E-state index contributed by atoms with van der Waals surface area (Å²) in [4.78, 5) is 38.8. The standard InChI is InChI=1S/C22H25N5O2/c1-25(2)18-7-4-16(5-8-18)21(28)26-10-3-11-27(13-12-26)22(29)17-6-9-19-20(14-17)24-15-23-19/h4-9,14-15H,3,10-13H2,1-2H3,(H,23,24). The van der Waals surface area contributed by atoms with E-state index in [4.69, 9.17) is 0 Å². The third-order valence-corrected chi connectivity index (χ3v) is 5.37. The highest BCUT2D eigenvalue weighted by atomic mass is 16.2. The molecule has 2 heterocycles. The molecular formula is C22H25N5O2. The number of hydrogen-bond donors (Lipinski definition) is 1. The lowest BCUT2D eigenvalue weighted by molar-refractivity contribution is 0.0719. The van der Waals surface area contributed by atoms with Crippen LogP contribution in [-0.4, -0.2) is 71.9 Å². The summed E-state index contributed by atoms with van der Waals surface area (Å²) < 4.78 is 0. The molecule has 0 spiro atoms. The lowest BCUT2D eigenvalue weighted by Gasteiger charge is -2.22. The molecule has 0 saturated carbocycles. The average molecular weight is 391 g/mol. The highest BCUT2D eigenvalue weighted by Crippen LogP contribution is 2.17. The molecule has 1 aliphatic heterocycles. The van der Waals surface area contributed by atoms with Gasteiger partial charge in [-0.05, 0) is 48.9 Å². The number of aromatic amines is 1. The molecule has 4 rings (SSSR count). The first kappa shape index (κ1) is 19.0. The molecule has 150 valence electrons. The molecule has 2 aromatic carbocycles. The van der Waals surface area contributed by atoms with Crippen LogP contribution in [0.25, 0.3) is 11.0 Å². The fourth-order valence-corrected chi connectivity index (χ4v) is 3.66. The number of nitrogens with one attached hydrogen (secondary N) is 1. The Morgan fingerprint density at radius 1 is 0.897 bits per heavy atom. The molecule has 1 fully saturated rings. The lowest BCUT2D eigenvalue weighted by Crippen LogP contribution is -2.37.